The topological polar surface area (TPSA) is 47.8 Å². The Hall–Kier alpha value is -1.92. The van der Waals surface area contributed by atoms with E-state index in [1.54, 1.807) is 11.3 Å². The third-order valence-electron chi connectivity index (χ3n) is 4.02. The molecule has 1 saturated carbocycles. The number of aromatic nitrogens is 3. The number of aryl methyl sites for hydroxylation is 1. The minimum absolute atomic E-state index is 0.128. The van der Waals surface area contributed by atoms with Crippen LogP contribution in [0.4, 0.5) is 0 Å². The summed E-state index contributed by atoms with van der Waals surface area (Å²) >= 11 is 3.16. The summed E-state index contributed by atoms with van der Waals surface area (Å²) < 4.78 is 2.21. The van der Waals surface area contributed by atoms with E-state index < -0.39 is 0 Å². The number of carbonyl (C=O) groups is 1. The molecule has 0 aliphatic heterocycles. The zero-order valence-corrected chi connectivity index (χ0v) is 14.9. The lowest BCUT2D eigenvalue weighted by atomic mass is 10.1. The van der Waals surface area contributed by atoms with Gasteiger partial charge in [-0.15, -0.1) is 21.5 Å². The predicted molar refractivity (Wildman–Crippen MR) is 97.8 cm³/mol. The highest BCUT2D eigenvalue weighted by molar-refractivity contribution is 7.99. The molecule has 0 unspecified atom stereocenters. The maximum Gasteiger partial charge on any atom is 0.192 e. The highest BCUT2D eigenvalue weighted by Gasteiger charge is 2.30. The lowest BCUT2D eigenvalue weighted by Gasteiger charge is -2.07. The van der Waals surface area contributed by atoms with Gasteiger partial charge in [-0.25, -0.2) is 0 Å². The fourth-order valence-electron chi connectivity index (χ4n) is 2.56. The van der Waals surface area contributed by atoms with Crippen LogP contribution in [0, 0.1) is 6.92 Å². The third-order valence-corrected chi connectivity index (χ3v) is 5.83. The van der Waals surface area contributed by atoms with E-state index in [-0.39, 0.29) is 5.78 Å². The van der Waals surface area contributed by atoms with Crippen LogP contribution in [0.1, 0.15) is 34.8 Å². The van der Waals surface area contributed by atoms with Crippen molar-refractivity contribution in [3.63, 3.8) is 0 Å². The van der Waals surface area contributed by atoms with Crippen molar-refractivity contribution >= 4 is 28.9 Å². The standard InChI is InChI=1S/C18H17N3OS2/c1-12-4-6-13(7-5-12)15(22)11-24-18-20-19-17(16-3-2-10-23-16)21(18)14-8-9-14/h2-7,10,14H,8-9,11H2,1H3. The summed E-state index contributed by atoms with van der Waals surface area (Å²) in [5, 5.41) is 11.6. The van der Waals surface area contributed by atoms with E-state index in [0.717, 1.165) is 39.8 Å². The first-order valence-electron chi connectivity index (χ1n) is 7.94. The lowest BCUT2D eigenvalue weighted by molar-refractivity contribution is 0.102. The first-order valence-corrected chi connectivity index (χ1v) is 9.80. The van der Waals surface area contributed by atoms with E-state index in [1.165, 1.54) is 11.8 Å². The van der Waals surface area contributed by atoms with Crippen molar-refractivity contribution in [3.8, 4) is 10.7 Å². The summed E-state index contributed by atoms with van der Waals surface area (Å²) in [4.78, 5) is 13.5. The van der Waals surface area contributed by atoms with Crippen LogP contribution in [-0.4, -0.2) is 26.3 Å². The molecule has 1 aromatic carbocycles. The molecule has 1 aliphatic rings. The SMILES string of the molecule is Cc1ccc(C(=O)CSc2nnc(-c3cccs3)n2C2CC2)cc1. The molecule has 6 heteroatoms. The van der Waals surface area contributed by atoms with Crippen LogP contribution in [0.5, 0.6) is 0 Å². The molecule has 4 rings (SSSR count). The number of ketones is 1. The predicted octanol–water partition coefficient (Wildman–Crippen LogP) is 4.62. The van der Waals surface area contributed by atoms with Gasteiger partial charge in [0, 0.05) is 11.6 Å². The van der Waals surface area contributed by atoms with Gasteiger partial charge in [-0.2, -0.15) is 0 Å². The summed E-state index contributed by atoms with van der Waals surface area (Å²) in [6, 6.07) is 12.3. The number of Topliss-reactive ketones (excluding diaryl/α,β-unsaturated/α-hetero) is 1. The van der Waals surface area contributed by atoms with Crippen LogP contribution in [0.25, 0.3) is 10.7 Å². The molecule has 2 aromatic heterocycles. The molecule has 2 heterocycles. The van der Waals surface area contributed by atoms with Crippen molar-refractivity contribution in [2.45, 2.75) is 31.0 Å². The van der Waals surface area contributed by atoms with Gasteiger partial charge in [0.1, 0.15) is 0 Å². The van der Waals surface area contributed by atoms with E-state index in [9.17, 15) is 4.79 Å². The third kappa shape index (κ3) is 3.16. The first kappa shape index (κ1) is 15.6. The summed E-state index contributed by atoms with van der Waals surface area (Å²) in [7, 11) is 0. The van der Waals surface area contributed by atoms with Gasteiger partial charge >= 0.3 is 0 Å². The Balaban J connectivity index is 1.53. The highest BCUT2D eigenvalue weighted by Crippen LogP contribution is 2.41. The van der Waals surface area contributed by atoms with Crippen LogP contribution < -0.4 is 0 Å². The van der Waals surface area contributed by atoms with Crippen molar-refractivity contribution in [1.29, 1.82) is 0 Å². The molecule has 0 radical (unpaired) electrons. The zero-order chi connectivity index (χ0) is 16.5. The molecule has 1 fully saturated rings. The minimum atomic E-state index is 0.128. The average Bonchev–Trinajstić information content (AvgIpc) is 3.11. The Labute approximate surface area is 148 Å². The fourth-order valence-corrected chi connectivity index (χ4v) is 4.17. The van der Waals surface area contributed by atoms with Gasteiger partial charge in [0.25, 0.3) is 0 Å². The number of nitrogens with zero attached hydrogens (tertiary/aromatic N) is 3. The molecule has 0 amide bonds. The van der Waals surface area contributed by atoms with Gasteiger partial charge in [0.15, 0.2) is 16.8 Å². The molecule has 0 spiro atoms. The van der Waals surface area contributed by atoms with E-state index >= 15 is 0 Å². The molecular formula is C18H17N3OS2. The highest BCUT2D eigenvalue weighted by atomic mass is 32.2. The Morgan fingerprint density at radius 1 is 1.25 bits per heavy atom. The lowest BCUT2D eigenvalue weighted by Crippen LogP contribution is -2.05. The average molecular weight is 355 g/mol. The quantitative estimate of drug-likeness (QED) is 0.478. The molecule has 122 valence electrons. The van der Waals surface area contributed by atoms with Crippen molar-refractivity contribution in [3.05, 3.63) is 52.9 Å². The second kappa shape index (κ2) is 6.53. The van der Waals surface area contributed by atoms with Crippen LogP contribution in [0.2, 0.25) is 0 Å². The second-order valence-electron chi connectivity index (χ2n) is 5.96. The number of thioether (sulfide) groups is 1. The van der Waals surface area contributed by atoms with Gasteiger partial charge in [-0.05, 0) is 31.2 Å². The molecule has 1 aliphatic carbocycles. The Morgan fingerprint density at radius 2 is 2.04 bits per heavy atom. The normalized spacial score (nSPS) is 14.0. The van der Waals surface area contributed by atoms with Crippen molar-refractivity contribution in [2.24, 2.45) is 0 Å². The Kier molecular flexibility index (Phi) is 4.24. The van der Waals surface area contributed by atoms with E-state index in [2.05, 4.69) is 26.2 Å². The number of benzene rings is 1. The Bertz CT molecular complexity index is 849. The van der Waals surface area contributed by atoms with Gasteiger partial charge < -0.3 is 0 Å². The molecule has 0 atom stereocenters. The molecule has 0 saturated heterocycles. The van der Waals surface area contributed by atoms with Crippen LogP contribution in [-0.2, 0) is 0 Å². The molecule has 0 N–H and O–H groups in total. The van der Waals surface area contributed by atoms with Crippen LogP contribution in [0.3, 0.4) is 0 Å². The summed E-state index contributed by atoms with van der Waals surface area (Å²) in [6.07, 6.45) is 2.33. The maximum absolute atomic E-state index is 12.4. The number of hydrogen-bond donors (Lipinski definition) is 0. The largest absolute Gasteiger partial charge is 0.298 e. The van der Waals surface area contributed by atoms with E-state index in [4.69, 9.17) is 0 Å². The maximum atomic E-state index is 12.4. The van der Waals surface area contributed by atoms with E-state index in [0.29, 0.717) is 11.8 Å². The molecule has 0 bridgehead atoms. The van der Waals surface area contributed by atoms with Gasteiger partial charge in [0.2, 0.25) is 0 Å². The molecule has 4 nitrogen and oxygen atoms in total. The summed E-state index contributed by atoms with van der Waals surface area (Å²) in [5.41, 5.74) is 1.91. The van der Waals surface area contributed by atoms with Gasteiger partial charge in [-0.1, -0.05) is 47.7 Å². The summed E-state index contributed by atoms with van der Waals surface area (Å²) in [5.74, 6) is 1.44. The number of thiophene rings is 1. The van der Waals surface area contributed by atoms with Gasteiger partial charge in [-0.3, -0.25) is 9.36 Å². The van der Waals surface area contributed by atoms with Crippen LogP contribution in [0.15, 0.2) is 46.9 Å². The smallest absolute Gasteiger partial charge is 0.192 e. The molecule has 3 aromatic rings. The van der Waals surface area contributed by atoms with E-state index in [1.807, 2.05) is 37.3 Å². The number of rotatable bonds is 6. The van der Waals surface area contributed by atoms with Gasteiger partial charge in [0.05, 0.1) is 10.6 Å². The molecule has 24 heavy (non-hydrogen) atoms. The number of carbonyl (C=O) groups excluding carboxylic acids is 1. The van der Waals surface area contributed by atoms with Crippen molar-refractivity contribution in [1.82, 2.24) is 14.8 Å². The summed E-state index contributed by atoms with van der Waals surface area (Å²) in [6.45, 7) is 2.02. The second-order valence-corrected chi connectivity index (χ2v) is 7.85. The number of hydrogen-bond acceptors (Lipinski definition) is 5. The first-order chi connectivity index (χ1) is 11.7. The Morgan fingerprint density at radius 3 is 2.71 bits per heavy atom. The van der Waals surface area contributed by atoms with Crippen LogP contribution >= 0.6 is 23.1 Å². The minimum Gasteiger partial charge on any atom is -0.298 e. The monoisotopic (exact) mass is 355 g/mol. The molecular weight excluding hydrogens is 338 g/mol. The van der Waals surface area contributed by atoms with Crippen molar-refractivity contribution < 1.29 is 4.79 Å². The van der Waals surface area contributed by atoms with Crippen molar-refractivity contribution in [2.75, 3.05) is 5.75 Å². The fraction of sp³-hybridized carbons (Fsp3) is 0.278. The zero-order valence-electron chi connectivity index (χ0n) is 13.3.